The number of aromatic nitrogens is 1. The summed E-state index contributed by atoms with van der Waals surface area (Å²) < 4.78 is 5.49. The van der Waals surface area contributed by atoms with Crippen molar-refractivity contribution < 1.29 is 9.53 Å². The molecule has 1 amide bonds. The lowest BCUT2D eigenvalue weighted by Crippen LogP contribution is -2.11. The SMILES string of the molecule is NC(=O)c1ccc(N=CC=C(N)OCC2CC23CC3)nc1Cl. The summed E-state index contributed by atoms with van der Waals surface area (Å²) >= 11 is 5.84. The Labute approximate surface area is 133 Å². The van der Waals surface area contributed by atoms with Gasteiger partial charge in [0.05, 0.1) is 12.2 Å². The number of rotatable bonds is 6. The van der Waals surface area contributed by atoms with E-state index in [1.165, 1.54) is 31.5 Å². The van der Waals surface area contributed by atoms with E-state index >= 15 is 0 Å². The molecule has 0 radical (unpaired) electrons. The Balaban J connectivity index is 1.53. The highest BCUT2D eigenvalue weighted by Crippen LogP contribution is 2.70. The molecule has 1 aromatic heterocycles. The second kappa shape index (κ2) is 5.61. The smallest absolute Gasteiger partial charge is 0.251 e. The van der Waals surface area contributed by atoms with Crippen LogP contribution < -0.4 is 11.5 Å². The van der Waals surface area contributed by atoms with Crippen molar-refractivity contribution in [3.63, 3.8) is 0 Å². The van der Waals surface area contributed by atoms with E-state index in [-0.39, 0.29) is 10.7 Å². The number of carbonyl (C=O) groups is 1. The second-order valence-corrected chi connectivity index (χ2v) is 6.15. The van der Waals surface area contributed by atoms with E-state index in [9.17, 15) is 4.79 Å². The van der Waals surface area contributed by atoms with Crippen molar-refractivity contribution >= 4 is 29.5 Å². The highest BCUT2D eigenvalue weighted by atomic mass is 35.5. The number of nitrogens with zero attached hydrogens (tertiary/aromatic N) is 2. The van der Waals surface area contributed by atoms with E-state index in [0.717, 1.165) is 0 Å². The number of primary amides is 1. The zero-order valence-electron chi connectivity index (χ0n) is 12.0. The van der Waals surface area contributed by atoms with Crippen LogP contribution in [0.1, 0.15) is 29.6 Å². The summed E-state index contributed by atoms with van der Waals surface area (Å²) in [4.78, 5) is 19.1. The number of nitrogens with two attached hydrogens (primary N) is 2. The molecule has 1 heterocycles. The fraction of sp³-hybridized carbons (Fsp3) is 0.400. The van der Waals surface area contributed by atoms with Gasteiger partial charge < -0.3 is 16.2 Å². The van der Waals surface area contributed by atoms with Gasteiger partial charge in [0.2, 0.25) is 0 Å². The molecule has 3 rings (SSSR count). The number of allylic oxidation sites excluding steroid dienone is 1. The monoisotopic (exact) mass is 320 g/mol. The van der Waals surface area contributed by atoms with Gasteiger partial charge in [0.15, 0.2) is 11.7 Å². The maximum absolute atomic E-state index is 11.0. The molecule has 2 aliphatic carbocycles. The molecule has 116 valence electrons. The summed E-state index contributed by atoms with van der Waals surface area (Å²) in [5, 5.41) is 0.0267. The van der Waals surface area contributed by atoms with Crippen LogP contribution in [0.4, 0.5) is 5.82 Å². The number of ether oxygens (including phenoxy) is 1. The molecule has 0 aromatic carbocycles. The lowest BCUT2D eigenvalue weighted by molar-refractivity contribution is 0.1000. The minimum absolute atomic E-state index is 0.0267. The minimum atomic E-state index is -0.626. The molecule has 7 heteroatoms. The van der Waals surface area contributed by atoms with E-state index < -0.39 is 5.91 Å². The molecule has 6 nitrogen and oxygen atoms in total. The van der Waals surface area contributed by atoms with Crippen molar-refractivity contribution in [1.29, 1.82) is 0 Å². The summed E-state index contributed by atoms with van der Waals surface area (Å²) in [5.41, 5.74) is 11.7. The zero-order chi connectivity index (χ0) is 15.7. The fourth-order valence-electron chi connectivity index (χ4n) is 2.55. The van der Waals surface area contributed by atoms with Gasteiger partial charge in [0.1, 0.15) is 5.15 Å². The van der Waals surface area contributed by atoms with Gasteiger partial charge in [-0.15, -0.1) is 0 Å². The molecule has 0 aliphatic heterocycles. The average Bonchev–Trinajstić information content (AvgIpc) is 3.37. The molecule has 2 aliphatic rings. The molecular formula is C15H17ClN4O2. The van der Waals surface area contributed by atoms with Gasteiger partial charge in [-0.05, 0) is 42.7 Å². The topological polar surface area (TPSA) is 104 Å². The molecule has 2 fully saturated rings. The molecule has 22 heavy (non-hydrogen) atoms. The van der Waals surface area contributed by atoms with Crippen LogP contribution in [0.15, 0.2) is 29.1 Å². The molecule has 4 N–H and O–H groups in total. The maximum Gasteiger partial charge on any atom is 0.251 e. The number of hydrogen-bond acceptors (Lipinski definition) is 5. The zero-order valence-corrected chi connectivity index (χ0v) is 12.7. The van der Waals surface area contributed by atoms with Crippen LogP contribution in [0, 0.1) is 11.3 Å². The van der Waals surface area contributed by atoms with Crippen molar-refractivity contribution in [3.05, 3.63) is 34.8 Å². The highest BCUT2D eigenvalue weighted by Gasteiger charge is 2.62. The lowest BCUT2D eigenvalue weighted by atomic mass is 10.3. The summed E-state index contributed by atoms with van der Waals surface area (Å²) in [6, 6.07) is 3.03. The van der Waals surface area contributed by atoms with Crippen LogP contribution in [0.5, 0.6) is 0 Å². The molecule has 1 spiro atoms. The van der Waals surface area contributed by atoms with Gasteiger partial charge in [-0.3, -0.25) is 4.79 Å². The van der Waals surface area contributed by atoms with Crippen molar-refractivity contribution in [2.45, 2.75) is 19.3 Å². The van der Waals surface area contributed by atoms with Crippen molar-refractivity contribution in [1.82, 2.24) is 4.98 Å². The van der Waals surface area contributed by atoms with Crippen molar-refractivity contribution in [3.8, 4) is 0 Å². The minimum Gasteiger partial charge on any atom is -0.479 e. The summed E-state index contributed by atoms with van der Waals surface area (Å²) in [6.45, 7) is 0.674. The van der Waals surface area contributed by atoms with E-state index in [1.807, 2.05) is 0 Å². The Morgan fingerprint density at radius 1 is 1.50 bits per heavy atom. The van der Waals surface area contributed by atoms with Crippen LogP contribution in [0.2, 0.25) is 5.15 Å². The number of amides is 1. The standard InChI is InChI=1S/C15H17ClN4O2/c16-13-10(14(18)21)1-2-12(20-13)19-6-3-11(17)22-8-9-7-15(9)4-5-15/h1-3,6,9H,4-5,7-8,17H2,(H2,18,21). The third kappa shape index (κ3) is 3.22. The largest absolute Gasteiger partial charge is 0.479 e. The van der Waals surface area contributed by atoms with Crippen LogP contribution in [0.3, 0.4) is 0 Å². The van der Waals surface area contributed by atoms with Gasteiger partial charge in [0, 0.05) is 12.3 Å². The number of carbonyl (C=O) groups excluding carboxylic acids is 1. The molecule has 0 bridgehead atoms. The molecular weight excluding hydrogens is 304 g/mol. The summed E-state index contributed by atoms with van der Waals surface area (Å²) in [7, 11) is 0. The molecule has 0 saturated heterocycles. The summed E-state index contributed by atoms with van der Waals surface area (Å²) in [6.07, 6.45) is 6.99. The first-order chi connectivity index (χ1) is 10.5. The van der Waals surface area contributed by atoms with Crippen LogP contribution >= 0.6 is 11.6 Å². The van der Waals surface area contributed by atoms with Crippen molar-refractivity contribution in [2.24, 2.45) is 27.8 Å². The van der Waals surface area contributed by atoms with Crippen molar-refractivity contribution in [2.75, 3.05) is 6.61 Å². The third-order valence-electron chi connectivity index (χ3n) is 4.25. The first-order valence-electron chi connectivity index (χ1n) is 7.09. The molecule has 1 aromatic rings. The van der Waals surface area contributed by atoms with Gasteiger partial charge in [-0.25, -0.2) is 9.98 Å². The maximum atomic E-state index is 11.0. The second-order valence-electron chi connectivity index (χ2n) is 5.79. The lowest BCUT2D eigenvalue weighted by Gasteiger charge is -2.03. The summed E-state index contributed by atoms with van der Waals surface area (Å²) in [5.74, 6) is 0.724. The van der Waals surface area contributed by atoms with Crippen LogP contribution in [-0.4, -0.2) is 23.7 Å². The van der Waals surface area contributed by atoms with E-state index in [1.54, 1.807) is 12.1 Å². The quantitative estimate of drug-likeness (QED) is 0.476. The third-order valence-corrected chi connectivity index (χ3v) is 4.54. The Morgan fingerprint density at radius 3 is 2.86 bits per heavy atom. The van der Waals surface area contributed by atoms with Gasteiger partial charge in [0.25, 0.3) is 5.91 Å². The van der Waals surface area contributed by atoms with Gasteiger partial charge in [-0.2, -0.15) is 0 Å². The predicted molar refractivity (Wildman–Crippen MR) is 83.9 cm³/mol. The van der Waals surface area contributed by atoms with Crippen LogP contribution in [0.25, 0.3) is 0 Å². The van der Waals surface area contributed by atoms with E-state index in [2.05, 4.69) is 9.98 Å². The Morgan fingerprint density at radius 2 is 2.27 bits per heavy atom. The normalized spacial score (nSPS) is 22.0. The predicted octanol–water partition coefficient (Wildman–Crippen LogP) is 2.15. The van der Waals surface area contributed by atoms with E-state index in [0.29, 0.717) is 29.6 Å². The van der Waals surface area contributed by atoms with Crippen LogP contribution in [-0.2, 0) is 4.74 Å². The van der Waals surface area contributed by atoms with Gasteiger partial charge >= 0.3 is 0 Å². The fourth-order valence-corrected chi connectivity index (χ4v) is 2.80. The molecule has 1 atom stereocenters. The Hall–Kier alpha value is -2.08. The number of pyridine rings is 1. The molecule has 2 saturated carbocycles. The number of halogens is 1. The Kier molecular flexibility index (Phi) is 3.78. The number of hydrogen-bond donors (Lipinski definition) is 2. The average molecular weight is 321 g/mol. The Bertz CT molecular complexity index is 668. The first kappa shape index (κ1) is 14.8. The first-order valence-corrected chi connectivity index (χ1v) is 7.47. The highest BCUT2D eigenvalue weighted by molar-refractivity contribution is 6.32. The molecule has 1 unspecified atom stereocenters. The number of aliphatic imine (C=N–C) groups is 1. The van der Waals surface area contributed by atoms with Gasteiger partial charge in [-0.1, -0.05) is 11.6 Å². The van der Waals surface area contributed by atoms with E-state index in [4.69, 9.17) is 27.8 Å².